The van der Waals surface area contributed by atoms with E-state index < -0.39 is 47.4 Å². The van der Waals surface area contributed by atoms with E-state index in [9.17, 15) is 24.3 Å². The molecular formula is C23H38N4O5S. The van der Waals surface area contributed by atoms with Gasteiger partial charge in [-0.3, -0.25) is 14.4 Å². The van der Waals surface area contributed by atoms with Crippen LogP contribution in [0.2, 0.25) is 0 Å². The van der Waals surface area contributed by atoms with Crippen LogP contribution >= 0.6 is 11.3 Å². The van der Waals surface area contributed by atoms with Crippen molar-refractivity contribution in [3.8, 4) is 0 Å². The van der Waals surface area contributed by atoms with Crippen LogP contribution in [-0.2, 0) is 25.6 Å². The molecular weight excluding hydrogens is 444 g/mol. The van der Waals surface area contributed by atoms with E-state index in [0.717, 1.165) is 4.88 Å². The third-order valence-electron chi connectivity index (χ3n) is 5.45. The number of thiophene rings is 1. The van der Waals surface area contributed by atoms with Crippen LogP contribution in [0.4, 0.5) is 0 Å². The number of hydrogen-bond donors (Lipinski definition) is 5. The van der Waals surface area contributed by atoms with Crippen LogP contribution in [-0.4, -0.2) is 52.5 Å². The Hall–Kier alpha value is -2.46. The molecule has 9 nitrogen and oxygen atoms in total. The molecule has 0 unspecified atom stereocenters. The molecule has 1 heterocycles. The predicted molar refractivity (Wildman–Crippen MR) is 129 cm³/mol. The van der Waals surface area contributed by atoms with Gasteiger partial charge in [-0.1, -0.05) is 40.2 Å². The molecule has 186 valence electrons. The molecule has 4 atom stereocenters. The highest BCUT2D eigenvalue weighted by Gasteiger charge is 2.36. The fourth-order valence-corrected chi connectivity index (χ4v) is 3.94. The van der Waals surface area contributed by atoms with Crippen molar-refractivity contribution in [1.29, 1.82) is 0 Å². The molecule has 0 spiro atoms. The molecule has 0 aromatic carbocycles. The van der Waals surface area contributed by atoms with Gasteiger partial charge in [0.2, 0.25) is 17.7 Å². The van der Waals surface area contributed by atoms with Crippen molar-refractivity contribution in [2.45, 2.75) is 84.5 Å². The standard InChI is InChI=1S/C23H38N4O5S/c1-7-14(4)18(26-19(28)16(24)12-15-9-8-10-33-15)20(29)27-23(5,6)22(32)25-17(21(30)31)11-13(2)3/h8-10,13-14,16-18H,7,11-12,24H2,1-6H3,(H,25,32)(H,26,28)(H,27,29)(H,30,31)/t14-,16-,17-,18-/m0/s1. The maximum atomic E-state index is 13.1. The second-order valence-corrected chi connectivity index (χ2v) is 10.4. The lowest BCUT2D eigenvalue weighted by molar-refractivity contribution is -0.143. The Kier molecular flexibility index (Phi) is 11.0. The van der Waals surface area contributed by atoms with Crippen LogP contribution in [0.5, 0.6) is 0 Å². The van der Waals surface area contributed by atoms with Crippen molar-refractivity contribution < 1.29 is 24.3 Å². The van der Waals surface area contributed by atoms with Gasteiger partial charge in [0.15, 0.2) is 0 Å². The molecule has 0 aliphatic carbocycles. The fraction of sp³-hybridized carbons (Fsp3) is 0.652. The first-order valence-corrected chi connectivity index (χ1v) is 12.1. The fourth-order valence-electron chi connectivity index (χ4n) is 3.17. The van der Waals surface area contributed by atoms with Gasteiger partial charge in [0.25, 0.3) is 0 Å². The second kappa shape index (κ2) is 12.7. The summed E-state index contributed by atoms with van der Waals surface area (Å²) in [6, 6.07) is 1.00. The van der Waals surface area contributed by atoms with Crippen molar-refractivity contribution >= 4 is 35.0 Å². The minimum Gasteiger partial charge on any atom is -0.480 e. The summed E-state index contributed by atoms with van der Waals surface area (Å²) < 4.78 is 0. The van der Waals surface area contributed by atoms with E-state index in [-0.39, 0.29) is 18.3 Å². The van der Waals surface area contributed by atoms with Gasteiger partial charge in [-0.05, 0) is 43.6 Å². The molecule has 0 saturated carbocycles. The molecule has 10 heteroatoms. The van der Waals surface area contributed by atoms with Crippen LogP contribution < -0.4 is 21.7 Å². The molecule has 0 fully saturated rings. The van der Waals surface area contributed by atoms with Crippen LogP contribution in [0.15, 0.2) is 17.5 Å². The summed E-state index contributed by atoms with van der Waals surface area (Å²) in [4.78, 5) is 51.0. The molecule has 0 saturated heterocycles. The first-order valence-electron chi connectivity index (χ1n) is 11.2. The van der Waals surface area contributed by atoms with E-state index in [1.165, 1.54) is 25.2 Å². The van der Waals surface area contributed by atoms with Crippen LogP contribution in [0.3, 0.4) is 0 Å². The van der Waals surface area contributed by atoms with Crippen molar-refractivity contribution in [3.63, 3.8) is 0 Å². The van der Waals surface area contributed by atoms with Crippen LogP contribution in [0, 0.1) is 11.8 Å². The number of carbonyl (C=O) groups is 4. The number of hydrogen-bond acceptors (Lipinski definition) is 6. The van der Waals surface area contributed by atoms with E-state index in [1.54, 1.807) is 0 Å². The summed E-state index contributed by atoms with van der Waals surface area (Å²) in [6.45, 7) is 10.4. The lowest BCUT2D eigenvalue weighted by atomic mass is 9.95. The number of carboxylic acids is 1. The predicted octanol–water partition coefficient (Wildman–Crippen LogP) is 1.66. The Bertz CT molecular complexity index is 810. The average molecular weight is 483 g/mol. The largest absolute Gasteiger partial charge is 0.480 e. The topological polar surface area (TPSA) is 151 Å². The highest BCUT2D eigenvalue weighted by molar-refractivity contribution is 7.09. The summed E-state index contributed by atoms with van der Waals surface area (Å²) in [7, 11) is 0. The minimum absolute atomic E-state index is 0.0625. The van der Waals surface area contributed by atoms with E-state index in [0.29, 0.717) is 12.8 Å². The monoisotopic (exact) mass is 482 g/mol. The number of rotatable bonds is 13. The van der Waals surface area contributed by atoms with Gasteiger partial charge >= 0.3 is 5.97 Å². The smallest absolute Gasteiger partial charge is 0.326 e. The minimum atomic E-state index is -1.39. The lowest BCUT2D eigenvalue weighted by Crippen LogP contribution is -2.62. The van der Waals surface area contributed by atoms with Gasteiger partial charge in [0.1, 0.15) is 17.6 Å². The number of carbonyl (C=O) groups excluding carboxylic acids is 3. The number of aliphatic carboxylic acids is 1. The molecule has 6 N–H and O–H groups in total. The Balaban J connectivity index is 2.87. The SMILES string of the molecule is CC[C@H](C)[C@H](NC(=O)[C@@H](N)Cc1cccs1)C(=O)NC(C)(C)C(=O)N[C@@H](CC(C)C)C(=O)O. The molecule has 3 amide bonds. The molecule has 0 radical (unpaired) electrons. The van der Waals surface area contributed by atoms with Gasteiger partial charge in [0, 0.05) is 11.3 Å². The first-order chi connectivity index (χ1) is 15.3. The second-order valence-electron chi connectivity index (χ2n) is 9.37. The molecule has 0 bridgehead atoms. The first kappa shape index (κ1) is 28.6. The van der Waals surface area contributed by atoms with Crippen molar-refractivity contribution in [3.05, 3.63) is 22.4 Å². The summed E-state index contributed by atoms with van der Waals surface area (Å²) in [5.41, 5.74) is 4.65. The van der Waals surface area contributed by atoms with Crippen molar-refractivity contribution in [2.24, 2.45) is 17.6 Å². The third kappa shape index (κ3) is 9.13. The normalized spacial score (nSPS) is 15.3. The summed E-state index contributed by atoms with van der Waals surface area (Å²) >= 11 is 1.50. The highest BCUT2D eigenvalue weighted by atomic mass is 32.1. The zero-order valence-electron chi connectivity index (χ0n) is 20.3. The zero-order chi connectivity index (χ0) is 25.3. The lowest BCUT2D eigenvalue weighted by Gasteiger charge is -2.31. The molecule has 0 aliphatic rings. The van der Waals surface area contributed by atoms with Gasteiger partial charge < -0.3 is 26.8 Å². The molecule has 1 aromatic rings. The number of nitrogens with two attached hydrogens (primary N) is 1. The maximum Gasteiger partial charge on any atom is 0.326 e. The highest BCUT2D eigenvalue weighted by Crippen LogP contribution is 2.14. The summed E-state index contributed by atoms with van der Waals surface area (Å²) in [6.07, 6.45) is 1.23. The van der Waals surface area contributed by atoms with Crippen molar-refractivity contribution in [2.75, 3.05) is 0 Å². The third-order valence-corrected chi connectivity index (χ3v) is 6.34. The van der Waals surface area contributed by atoms with E-state index in [2.05, 4.69) is 16.0 Å². The Labute approximate surface area is 199 Å². The Morgan fingerprint density at radius 1 is 1.12 bits per heavy atom. The van der Waals surface area contributed by atoms with E-state index in [1.807, 2.05) is 45.2 Å². The Morgan fingerprint density at radius 3 is 2.24 bits per heavy atom. The number of carboxylic acid groups (broad SMARTS) is 1. The number of nitrogens with one attached hydrogen (secondary N) is 3. The van der Waals surface area contributed by atoms with Gasteiger partial charge in [0.05, 0.1) is 6.04 Å². The van der Waals surface area contributed by atoms with Gasteiger partial charge in [-0.15, -0.1) is 11.3 Å². The number of amides is 3. The van der Waals surface area contributed by atoms with Gasteiger partial charge in [-0.25, -0.2) is 4.79 Å². The molecule has 1 aromatic heterocycles. The maximum absolute atomic E-state index is 13.1. The molecule has 33 heavy (non-hydrogen) atoms. The van der Waals surface area contributed by atoms with Crippen LogP contribution in [0.25, 0.3) is 0 Å². The molecule has 0 aliphatic heterocycles. The average Bonchev–Trinajstić information content (AvgIpc) is 3.22. The molecule has 1 rings (SSSR count). The zero-order valence-corrected chi connectivity index (χ0v) is 21.1. The Morgan fingerprint density at radius 2 is 1.76 bits per heavy atom. The van der Waals surface area contributed by atoms with Crippen LogP contribution in [0.1, 0.15) is 59.3 Å². The summed E-state index contributed by atoms with van der Waals surface area (Å²) in [5.74, 6) is -2.89. The van der Waals surface area contributed by atoms with E-state index in [4.69, 9.17) is 5.73 Å². The van der Waals surface area contributed by atoms with Gasteiger partial charge in [-0.2, -0.15) is 0 Å². The quantitative estimate of drug-likeness (QED) is 0.288. The van der Waals surface area contributed by atoms with Crippen molar-refractivity contribution in [1.82, 2.24) is 16.0 Å². The van der Waals surface area contributed by atoms with E-state index >= 15 is 0 Å². The summed E-state index contributed by atoms with van der Waals surface area (Å²) in [5, 5.41) is 19.2.